The van der Waals surface area contributed by atoms with Crippen LogP contribution in [0.15, 0.2) is 40.8 Å². The molecule has 0 atom stereocenters. The maximum Gasteiger partial charge on any atom is 0.318 e. The second kappa shape index (κ2) is 9.59. The summed E-state index contributed by atoms with van der Waals surface area (Å²) in [5, 5.41) is 11.7. The fourth-order valence-electron chi connectivity index (χ4n) is 3.22. The summed E-state index contributed by atoms with van der Waals surface area (Å²) in [6, 6.07) is 8.34. The zero-order chi connectivity index (χ0) is 24.3. The lowest BCUT2D eigenvalue weighted by molar-refractivity contribution is -0.135. The largest absolute Gasteiger partial charge is 0.491 e. The van der Waals surface area contributed by atoms with E-state index in [1.807, 2.05) is 4.72 Å². The minimum Gasteiger partial charge on any atom is -0.491 e. The molecular weight excluding hydrogens is 455 g/mol. The first-order valence-corrected chi connectivity index (χ1v) is 11.6. The van der Waals surface area contributed by atoms with Crippen molar-refractivity contribution in [2.75, 3.05) is 13.6 Å². The van der Waals surface area contributed by atoms with Gasteiger partial charge in [-0.3, -0.25) is 9.59 Å². The van der Waals surface area contributed by atoms with Gasteiger partial charge in [0.1, 0.15) is 29.5 Å². The molecule has 1 heterocycles. The smallest absolute Gasteiger partial charge is 0.318 e. The molecule has 0 saturated heterocycles. The third kappa shape index (κ3) is 5.68. The van der Waals surface area contributed by atoms with Gasteiger partial charge in [-0.15, -0.1) is 0 Å². The topological polar surface area (TPSA) is 135 Å². The summed E-state index contributed by atoms with van der Waals surface area (Å²) < 4.78 is 51.9. The predicted octanol–water partition coefficient (Wildman–Crippen LogP) is 2.89. The number of hydrogen-bond acceptors (Lipinski definition) is 6. The maximum atomic E-state index is 13.4. The lowest BCUT2D eigenvalue weighted by Crippen LogP contribution is -2.30. The number of sulfonamides is 1. The van der Waals surface area contributed by atoms with Crippen LogP contribution in [0, 0.1) is 5.82 Å². The molecule has 0 aliphatic carbocycles. The Balaban J connectivity index is 2.19. The number of halogens is 1. The maximum absolute atomic E-state index is 13.4. The fourth-order valence-corrected chi connectivity index (χ4v) is 4.30. The number of benzene rings is 2. The molecular formula is C22H23FN2O7S. The molecule has 1 aromatic heterocycles. The van der Waals surface area contributed by atoms with E-state index in [0.717, 1.165) is 0 Å². The third-order valence-corrected chi connectivity index (χ3v) is 5.86. The van der Waals surface area contributed by atoms with E-state index in [4.69, 9.17) is 14.3 Å². The minimum atomic E-state index is -4.01. The Labute approximate surface area is 189 Å². The van der Waals surface area contributed by atoms with Crippen LogP contribution in [0.1, 0.15) is 29.8 Å². The molecule has 0 unspecified atom stereocenters. The number of carbonyl (C=O) groups excluding carboxylic acids is 1. The molecule has 0 fully saturated rings. The van der Waals surface area contributed by atoms with Crippen LogP contribution in [0.5, 0.6) is 5.75 Å². The molecule has 0 spiro atoms. The Hall–Kier alpha value is -3.44. The van der Waals surface area contributed by atoms with Crippen LogP contribution in [0.25, 0.3) is 22.3 Å². The Kier molecular flexibility index (Phi) is 7.04. The van der Waals surface area contributed by atoms with Crippen molar-refractivity contribution in [3.05, 3.63) is 53.3 Å². The summed E-state index contributed by atoms with van der Waals surface area (Å²) in [5.74, 6) is -2.41. The Morgan fingerprint density at radius 2 is 1.85 bits per heavy atom. The van der Waals surface area contributed by atoms with E-state index in [1.54, 1.807) is 13.8 Å². The quantitative estimate of drug-likeness (QED) is 0.430. The number of amides is 1. The SMILES string of the molecule is CNC(=O)c1c(-c2ccc(F)cc2)oc2cc(CS(=O)(=O)NCC(=O)O)c(OC(C)C)cc12. The number of nitrogens with one attached hydrogen (secondary N) is 2. The van der Waals surface area contributed by atoms with Gasteiger partial charge in [-0.1, -0.05) is 0 Å². The molecule has 3 N–H and O–H groups in total. The molecule has 176 valence electrons. The summed E-state index contributed by atoms with van der Waals surface area (Å²) >= 11 is 0. The number of hydrogen-bond donors (Lipinski definition) is 3. The highest BCUT2D eigenvalue weighted by Gasteiger charge is 2.25. The second-order valence-electron chi connectivity index (χ2n) is 7.49. The van der Waals surface area contributed by atoms with E-state index in [2.05, 4.69) is 5.32 Å². The lowest BCUT2D eigenvalue weighted by atomic mass is 10.0. The minimum absolute atomic E-state index is 0.184. The fraction of sp³-hybridized carbons (Fsp3) is 0.273. The Morgan fingerprint density at radius 1 is 1.18 bits per heavy atom. The third-order valence-electron chi connectivity index (χ3n) is 4.58. The van der Waals surface area contributed by atoms with Crippen molar-refractivity contribution in [1.82, 2.24) is 10.0 Å². The van der Waals surface area contributed by atoms with Crippen LogP contribution in [-0.2, 0) is 20.6 Å². The summed E-state index contributed by atoms with van der Waals surface area (Å²) in [7, 11) is -2.56. The summed E-state index contributed by atoms with van der Waals surface area (Å²) in [5.41, 5.74) is 1.07. The van der Waals surface area contributed by atoms with E-state index in [9.17, 15) is 22.4 Å². The van der Waals surface area contributed by atoms with Crippen LogP contribution in [0.4, 0.5) is 4.39 Å². The highest BCUT2D eigenvalue weighted by molar-refractivity contribution is 7.88. The molecule has 0 bridgehead atoms. The number of furan rings is 1. The predicted molar refractivity (Wildman–Crippen MR) is 119 cm³/mol. The van der Waals surface area contributed by atoms with Gasteiger partial charge in [0.15, 0.2) is 0 Å². The van der Waals surface area contributed by atoms with Gasteiger partial charge in [0.2, 0.25) is 10.0 Å². The van der Waals surface area contributed by atoms with Gasteiger partial charge in [0, 0.05) is 23.6 Å². The number of carbonyl (C=O) groups is 2. The van der Waals surface area contributed by atoms with Gasteiger partial charge in [-0.25, -0.2) is 17.5 Å². The van der Waals surface area contributed by atoms with Crippen molar-refractivity contribution in [3.63, 3.8) is 0 Å². The van der Waals surface area contributed by atoms with E-state index in [1.165, 1.54) is 43.4 Å². The summed E-state index contributed by atoms with van der Waals surface area (Å²) in [6.07, 6.45) is -0.317. The van der Waals surface area contributed by atoms with E-state index < -0.39 is 40.0 Å². The average molecular weight is 478 g/mol. The van der Waals surface area contributed by atoms with E-state index in [0.29, 0.717) is 10.9 Å². The van der Waals surface area contributed by atoms with Crippen molar-refractivity contribution >= 4 is 32.9 Å². The molecule has 0 aliphatic heterocycles. The molecule has 11 heteroatoms. The van der Waals surface area contributed by atoms with Crippen LogP contribution in [-0.4, -0.2) is 45.1 Å². The van der Waals surface area contributed by atoms with Crippen LogP contribution >= 0.6 is 0 Å². The molecule has 2 aromatic carbocycles. The second-order valence-corrected chi connectivity index (χ2v) is 9.30. The van der Waals surface area contributed by atoms with Crippen LogP contribution < -0.4 is 14.8 Å². The van der Waals surface area contributed by atoms with Gasteiger partial charge >= 0.3 is 5.97 Å². The number of rotatable bonds is 9. The number of aliphatic carboxylic acids is 1. The summed E-state index contributed by atoms with van der Waals surface area (Å²) in [6.45, 7) is 2.75. The molecule has 0 saturated carbocycles. The van der Waals surface area contributed by atoms with E-state index >= 15 is 0 Å². The number of ether oxygens (including phenoxy) is 1. The standard InChI is InChI=1S/C22H23FN2O7S/c1-12(2)31-17-9-16-18(8-14(17)11-33(29,30)25-10-19(26)27)32-21(20(16)22(28)24-3)13-4-6-15(23)7-5-13/h4-9,12,25H,10-11H2,1-3H3,(H,24,28)(H,26,27). The Bertz CT molecular complexity index is 1300. The van der Waals surface area contributed by atoms with Gasteiger partial charge < -0.3 is 19.6 Å². The monoisotopic (exact) mass is 478 g/mol. The van der Waals surface area contributed by atoms with Crippen molar-refractivity contribution in [2.24, 2.45) is 0 Å². The molecule has 33 heavy (non-hydrogen) atoms. The van der Waals surface area contributed by atoms with Gasteiger partial charge in [0.25, 0.3) is 5.91 Å². The molecule has 3 aromatic rings. The van der Waals surface area contributed by atoms with Crippen LogP contribution in [0.2, 0.25) is 0 Å². The summed E-state index contributed by atoms with van der Waals surface area (Å²) in [4.78, 5) is 23.4. The van der Waals surface area contributed by atoms with Crippen molar-refractivity contribution in [3.8, 4) is 17.1 Å². The number of carboxylic acids is 1. The van der Waals surface area contributed by atoms with Gasteiger partial charge in [-0.05, 0) is 50.2 Å². The molecule has 0 radical (unpaired) electrons. The first-order chi connectivity index (χ1) is 15.5. The van der Waals surface area contributed by atoms with Gasteiger partial charge in [-0.2, -0.15) is 0 Å². The van der Waals surface area contributed by atoms with Crippen molar-refractivity contribution in [2.45, 2.75) is 25.7 Å². The number of fused-ring (bicyclic) bond motifs is 1. The van der Waals surface area contributed by atoms with Crippen molar-refractivity contribution in [1.29, 1.82) is 0 Å². The normalized spacial score (nSPS) is 11.7. The van der Waals surface area contributed by atoms with Gasteiger partial charge in [0.05, 0.1) is 17.4 Å². The first kappa shape index (κ1) is 24.2. The first-order valence-electron chi connectivity index (χ1n) is 9.94. The van der Waals surface area contributed by atoms with E-state index in [-0.39, 0.29) is 34.3 Å². The van der Waals surface area contributed by atoms with Crippen molar-refractivity contribution < 1.29 is 36.7 Å². The Morgan fingerprint density at radius 3 is 2.42 bits per heavy atom. The highest BCUT2D eigenvalue weighted by Crippen LogP contribution is 2.38. The number of carboxylic acid groups (broad SMARTS) is 1. The zero-order valence-corrected chi connectivity index (χ0v) is 19.0. The zero-order valence-electron chi connectivity index (χ0n) is 18.1. The highest BCUT2D eigenvalue weighted by atomic mass is 32.2. The lowest BCUT2D eigenvalue weighted by Gasteiger charge is -2.15. The average Bonchev–Trinajstić information content (AvgIpc) is 3.10. The molecule has 3 rings (SSSR count). The molecule has 0 aliphatic rings. The molecule has 1 amide bonds. The molecule has 9 nitrogen and oxygen atoms in total. The van der Waals surface area contributed by atoms with Crippen LogP contribution in [0.3, 0.4) is 0 Å².